The molecule has 0 saturated heterocycles. The van der Waals surface area contributed by atoms with Gasteiger partial charge in [-0.15, -0.1) is 0 Å². The van der Waals surface area contributed by atoms with E-state index in [1.807, 2.05) is 36.8 Å². The first kappa shape index (κ1) is 19.3. The van der Waals surface area contributed by atoms with Gasteiger partial charge in [-0.05, 0) is 53.3 Å². The summed E-state index contributed by atoms with van der Waals surface area (Å²) in [7, 11) is 1.69. The van der Waals surface area contributed by atoms with Crippen LogP contribution in [-0.4, -0.2) is 35.2 Å². The number of nitrogens with one attached hydrogen (secondary N) is 4. The predicted molar refractivity (Wildman–Crippen MR) is 125 cm³/mol. The fourth-order valence-corrected chi connectivity index (χ4v) is 4.16. The molecule has 3 heterocycles. The Morgan fingerprint density at radius 1 is 1.13 bits per heavy atom. The molecule has 5 rings (SSSR count). The maximum Gasteiger partial charge on any atom is 0.197 e. The third-order valence-corrected chi connectivity index (χ3v) is 5.70. The molecule has 0 spiro atoms. The first-order chi connectivity index (χ1) is 15.1. The van der Waals surface area contributed by atoms with Gasteiger partial charge in [-0.2, -0.15) is 0 Å². The van der Waals surface area contributed by atoms with Crippen molar-refractivity contribution < 1.29 is 4.74 Å². The highest BCUT2D eigenvalue weighted by Gasteiger charge is 2.26. The van der Waals surface area contributed by atoms with Crippen LogP contribution in [0.5, 0.6) is 5.75 Å². The first-order valence-electron chi connectivity index (χ1n) is 10.4. The lowest BCUT2D eigenvalue weighted by atomic mass is 9.98. The van der Waals surface area contributed by atoms with Gasteiger partial charge >= 0.3 is 0 Å². The minimum Gasteiger partial charge on any atom is -0.495 e. The lowest BCUT2D eigenvalue weighted by Gasteiger charge is -2.32. The summed E-state index contributed by atoms with van der Waals surface area (Å²) in [6.07, 6.45) is 9.25. The van der Waals surface area contributed by atoms with Gasteiger partial charge in [0, 0.05) is 42.5 Å². The molecule has 1 aliphatic heterocycles. The van der Waals surface area contributed by atoms with Gasteiger partial charge in [0.2, 0.25) is 0 Å². The fraction of sp³-hybridized carbons (Fsp3) is 0.208. The van der Waals surface area contributed by atoms with E-state index >= 15 is 0 Å². The van der Waals surface area contributed by atoms with Crippen LogP contribution in [0.15, 0.2) is 72.1 Å². The standard InChI is InChI=1S/C24H26N6O/c1-31-21-4-2-3-19-18(15-29-22(19)21)8-11-27-23-28-12-9-24(25,30-23)14-16-5-6-20-17(13-16)7-10-26-20/h2-7,9-10,12-13,15,26,29H,8,11,14,25H2,1H3,(H2,27,28,30). The van der Waals surface area contributed by atoms with Crippen LogP contribution in [0, 0.1) is 0 Å². The second kappa shape index (κ2) is 7.85. The molecular formula is C24H26N6O. The second-order valence-electron chi connectivity index (χ2n) is 7.90. The summed E-state index contributed by atoms with van der Waals surface area (Å²) >= 11 is 0. The molecule has 2 aromatic heterocycles. The molecule has 7 nitrogen and oxygen atoms in total. The molecule has 4 aromatic rings. The predicted octanol–water partition coefficient (Wildman–Crippen LogP) is 3.16. The normalized spacial score (nSPS) is 19.6. The van der Waals surface area contributed by atoms with E-state index in [0.717, 1.165) is 28.6 Å². The number of aliphatic imine (C=N–C) groups is 1. The minimum absolute atomic E-state index is 0.638. The zero-order chi connectivity index (χ0) is 21.3. The Morgan fingerprint density at radius 3 is 2.97 bits per heavy atom. The lowest BCUT2D eigenvalue weighted by molar-refractivity contribution is 0.419. The molecule has 31 heavy (non-hydrogen) atoms. The number of methoxy groups -OCH3 is 1. The molecule has 6 N–H and O–H groups in total. The Hall–Kier alpha value is -3.71. The van der Waals surface area contributed by atoms with Gasteiger partial charge in [0.05, 0.1) is 12.6 Å². The molecule has 1 unspecified atom stereocenters. The number of nitrogens with two attached hydrogens (primary N) is 1. The van der Waals surface area contributed by atoms with E-state index in [9.17, 15) is 0 Å². The van der Waals surface area contributed by atoms with Crippen LogP contribution in [0.3, 0.4) is 0 Å². The number of benzene rings is 2. The van der Waals surface area contributed by atoms with E-state index in [2.05, 4.69) is 50.9 Å². The summed E-state index contributed by atoms with van der Waals surface area (Å²) in [5, 5.41) is 8.86. The highest BCUT2D eigenvalue weighted by Crippen LogP contribution is 2.27. The quantitative estimate of drug-likeness (QED) is 0.334. The second-order valence-corrected chi connectivity index (χ2v) is 7.90. The Kier molecular flexibility index (Phi) is 4.88. The van der Waals surface area contributed by atoms with Crippen LogP contribution in [-0.2, 0) is 12.8 Å². The molecule has 7 heteroatoms. The highest BCUT2D eigenvalue weighted by molar-refractivity contribution is 5.88. The number of guanidine groups is 1. The summed E-state index contributed by atoms with van der Waals surface area (Å²) in [6, 6.07) is 14.5. The van der Waals surface area contributed by atoms with E-state index < -0.39 is 5.66 Å². The van der Waals surface area contributed by atoms with Crippen molar-refractivity contribution >= 4 is 27.8 Å². The monoisotopic (exact) mass is 414 g/mol. The van der Waals surface area contributed by atoms with Crippen molar-refractivity contribution in [1.29, 1.82) is 0 Å². The average molecular weight is 415 g/mol. The lowest BCUT2D eigenvalue weighted by Crippen LogP contribution is -2.61. The number of nitrogens with zero attached hydrogens (tertiary/aromatic N) is 1. The number of ether oxygens (including phenoxy) is 1. The number of aromatic nitrogens is 2. The van der Waals surface area contributed by atoms with Gasteiger partial charge < -0.3 is 31.1 Å². The van der Waals surface area contributed by atoms with Crippen molar-refractivity contribution in [3.05, 3.63) is 78.3 Å². The molecule has 0 fully saturated rings. The Labute approximate surface area is 180 Å². The summed E-state index contributed by atoms with van der Waals surface area (Å²) in [4.78, 5) is 11.2. The molecule has 0 amide bonds. The number of hydrogen-bond acceptors (Lipinski definition) is 3. The Balaban J connectivity index is 1.26. The van der Waals surface area contributed by atoms with Gasteiger partial charge in [-0.3, -0.25) is 4.99 Å². The maximum atomic E-state index is 6.63. The molecule has 158 valence electrons. The molecule has 0 saturated carbocycles. The molecule has 2 aromatic carbocycles. The number of H-pyrrole nitrogens is 2. The number of rotatable bonds is 6. The molecule has 1 atom stereocenters. The largest absolute Gasteiger partial charge is 0.495 e. The molecule has 0 bridgehead atoms. The number of fused-ring (bicyclic) bond motifs is 2. The Morgan fingerprint density at radius 2 is 2.06 bits per heavy atom. The first-order valence-corrected chi connectivity index (χ1v) is 10.4. The van der Waals surface area contributed by atoms with Crippen LogP contribution < -0.4 is 21.1 Å². The van der Waals surface area contributed by atoms with Gasteiger partial charge in [0.25, 0.3) is 0 Å². The third kappa shape index (κ3) is 3.87. The van der Waals surface area contributed by atoms with E-state index in [1.54, 1.807) is 7.11 Å². The molecule has 0 aliphatic carbocycles. The van der Waals surface area contributed by atoms with Crippen LogP contribution in [0.25, 0.3) is 21.8 Å². The van der Waals surface area contributed by atoms with E-state index in [-0.39, 0.29) is 0 Å². The van der Waals surface area contributed by atoms with Gasteiger partial charge in [0.15, 0.2) is 5.96 Å². The van der Waals surface area contributed by atoms with Gasteiger partial charge in [-0.25, -0.2) is 0 Å². The number of hydrogen-bond donors (Lipinski definition) is 5. The van der Waals surface area contributed by atoms with E-state index in [0.29, 0.717) is 18.9 Å². The van der Waals surface area contributed by atoms with Gasteiger partial charge in [-0.1, -0.05) is 18.2 Å². The zero-order valence-electron chi connectivity index (χ0n) is 17.4. The van der Waals surface area contributed by atoms with E-state index in [1.165, 1.54) is 16.5 Å². The summed E-state index contributed by atoms with van der Waals surface area (Å²) in [5.41, 5.74) is 10.5. The fourth-order valence-electron chi connectivity index (χ4n) is 4.16. The summed E-state index contributed by atoms with van der Waals surface area (Å²) < 4.78 is 5.43. The molecular weight excluding hydrogens is 388 g/mol. The van der Waals surface area contributed by atoms with Crippen molar-refractivity contribution in [3.8, 4) is 5.75 Å². The number of aromatic amines is 2. The maximum absolute atomic E-state index is 6.63. The van der Waals surface area contributed by atoms with Crippen molar-refractivity contribution in [2.45, 2.75) is 18.5 Å². The summed E-state index contributed by atoms with van der Waals surface area (Å²) in [5.74, 6) is 1.53. The van der Waals surface area contributed by atoms with Crippen molar-refractivity contribution in [2.75, 3.05) is 13.7 Å². The topological polar surface area (TPSA) is 103 Å². The van der Waals surface area contributed by atoms with Crippen LogP contribution in [0.2, 0.25) is 0 Å². The van der Waals surface area contributed by atoms with Crippen molar-refractivity contribution in [1.82, 2.24) is 20.6 Å². The van der Waals surface area contributed by atoms with Crippen molar-refractivity contribution in [2.24, 2.45) is 10.7 Å². The summed E-state index contributed by atoms with van der Waals surface area (Å²) in [6.45, 7) is 0.638. The highest BCUT2D eigenvalue weighted by atomic mass is 16.5. The zero-order valence-corrected chi connectivity index (χ0v) is 17.4. The third-order valence-electron chi connectivity index (χ3n) is 5.70. The Bertz CT molecular complexity index is 1280. The van der Waals surface area contributed by atoms with Crippen LogP contribution in [0.1, 0.15) is 11.1 Å². The molecule has 0 radical (unpaired) electrons. The van der Waals surface area contributed by atoms with Gasteiger partial charge in [0.1, 0.15) is 11.4 Å². The average Bonchev–Trinajstić information content (AvgIpc) is 3.40. The minimum atomic E-state index is -0.692. The molecule has 1 aliphatic rings. The number of para-hydroxylation sites is 1. The smallest absolute Gasteiger partial charge is 0.197 e. The SMILES string of the molecule is COc1cccc2c(CCN=C3NC=CC(N)(Cc4ccc5[nH]ccc5c4)N3)c[nH]c12. The van der Waals surface area contributed by atoms with Crippen molar-refractivity contribution in [3.63, 3.8) is 0 Å². The van der Waals surface area contributed by atoms with E-state index in [4.69, 9.17) is 15.5 Å². The van der Waals surface area contributed by atoms with Crippen LogP contribution >= 0.6 is 0 Å². The van der Waals surface area contributed by atoms with Crippen LogP contribution in [0.4, 0.5) is 0 Å².